The summed E-state index contributed by atoms with van der Waals surface area (Å²) in [6, 6.07) is 3.15. The van der Waals surface area contributed by atoms with Crippen LogP contribution < -0.4 is 43.4 Å². The van der Waals surface area contributed by atoms with Gasteiger partial charge in [0.05, 0.1) is 18.8 Å². The summed E-state index contributed by atoms with van der Waals surface area (Å²) >= 11 is 0. The molecule has 1 aromatic carbocycles. The van der Waals surface area contributed by atoms with Crippen LogP contribution in [0.5, 0.6) is 0 Å². The second kappa shape index (κ2) is 30.2. The van der Waals surface area contributed by atoms with E-state index in [0.29, 0.717) is 11.3 Å². The van der Waals surface area contributed by atoms with Crippen LogP contribution in [0.3, 0.4) is 0 Å². The van der Waals surface area contributed by atoms with Gasteiger partial charge in [-0.1, -0.05) is 26.0 Å². The minimum absolute atomic E-state index is 0.00120. The number of amides is 9. The van der Waals surface area contributed by atoms with E-state index < -0.39 is 138 Å². The lowest BCUT2D eigenvalue weighted by atomic mass is 10.0. The molecule has 0 bridgehead atoms. The van der Waals surface area contributed by atoms with Gasteiger partial charge in [0, 0.05) is 65.9 Å². The Morgan fingerprint density at radius 2 is 1.48 bits per heavy atom. The van der Waals surface area contributed by atoms with Gasteiger partial charge in [-0.15, -0.1) is 18.5 Å². The molecule has 34 nitrogen and oxygen atoms in total. The van der Waals surface area contributed by atoms with Crippen molar-refractivity contribution in [2.45, 2.75) is 114 Å². The number of alkyl carbamates (subject to hydrolysis) is 1. The highest BCUT2D eigenvalue weighted by Gasteiger charge is 2.54. The molecule has 9 amide bonds. The van der Waals surface area contributed by atoms with E-state index >= 15 is 8.78 Å². The van der Waals surface area contributed by atoms with Gasteiger partial charge in [-0.05, 0) is 42.9 Å². The highest BCUT2D eigenvalue weighted by atomic mass is 31.1. The summed E-state index contributed by atoms with van der Waals surface area (Å²) in [5, 5.41) is 15.5. The Hall–Kier alpha value is -8.76. The number of hydrogen-bond acceptors (Lipinski definition) is 23. The Morgan fingerprint density at radius 1 is 0.795 bits per heavy atom. The van der Waals surface area contributed by atoms with Crippen molar-refractivity contribution in [1.29, 1.82) is 0 Å². The number of fused-ring (bicyclic) bond motifs is 2. The number of nitrogens with one attached hydrogen (secondary N) is 6. The SMILES string of the molecule is CC(C)C(NC(=O)CCN1C(=O)C=CC1=O)C(=O)NC(CCCNC(N)=O)C(=O)Nc1ccc(COC(=O)NCCCC(=O)Nc2ncnc3c2ncn3C2OC(CO[P+](=O)O)C(O[P+](=O)OCC3CC(F)C(n4cnc5c(N)ncnc54)O3)C2F)cc1. The molecule has 11 N–H and O–H groups in total. The molecule has 2 fully saturated rings. The predicted octanol–water partition coefficient (Wildman–Crippen LogP) is 1.81. The second-order valence-corrected chi connectivity index (χ2v) is 21.8. The van der Waals surface area contributed by atoms with E-state index in [9.17, 15) is 52.4 Å². The molecule has 88 heavy (non-hydrogen) atoms. The molecule has 0 radical (unpaired) electrons. The molecule has 3 aliphatic rings. The number of carbonyl (C=O) groups is 8. The molecule has 38 heteroatoms. The maximum Gasteiger partial charge on any atom is 0.697 e. The van der Waals surface area contributed by atoms with E-state index in [1.165, 1.54) is 29.4 Å². The van der Waals surface area contributed by atoms with Crippen LogP contribution in [0.4, 0.5) is 35.7 Å². The number of imide groups is 1. The number of urea groups is 1. The first kappa shape index (κ1) is 65.2. The fraction of sp³-hybridized carbons (Fsp3) is 0.480. The number of aromatic nitrogens is 8. The fourth-order valence-corrected chi connectivity index (χ4v) is 10.3. The van der Waals surface area contributed by atoms with E-state index in [-0.39, 0.29) is 98.7 Å². The predicted molar refractivity (Wildman–Crippen MR) is 299 cm³/mol. The van der Waals surface area contributed by atoms with Crippen molar-refractivity contribution in [2.24, 2.45) is 11.7 Å². The lowest BCUT2D eigenvalue weighted by Gasteiger charge is -2.25. The number of hydrogen-bond donors (Lipinski definition) is 9. The van der Waals surface area contributed by atoms with Crippen molar-refractivity contribution in [1.82, 2.24) is 65.2 Å². The number of anilines is 3. The van der Waals surface area contributed by atoms with Crippen LogP contribution in [0.15, 0.2) is 61.7 Å². The van der Waals surface area contributed by atoms with Crippen LogP contribution in [0.2, 0.25) is 0 Å². The molecule has 11 atom stereocenters. The van der Waals surface area contributed by atoms with Crippen molar-refractivity contribution in [3.63, 3.8) is 0 Å². The first-order chi connectivity index (χ1) is 42.1. The molecule has 5 aromatic rings. The Morgan fingerprint density at radius 3 is 2.18 bits per heavy atom. The number of nitrogens with zero attached hydrogens (tertiary/aromatic N) is 9. The third-order valence-corrected chi connectivity index (χ3v) is 14.8. The third kappa shape index (κ3) is 17.1. The van der Waals surface area contributed by atoms with Crippen LogP contribution in [-0.4, -0.2) is 172 Å². The van der Waals surface area contributed by atoms with Crippen molar-refractivity contribution >= 4 is 104 Å². The lowest BCUT2D eigenvalue weighted by molar-refractivity contribution is -0.137. The summed E-state index contributed by atoms with van der Waals surface area (Å²) in [6.45, 7) is 1.89. The van der Waals surface area contributed by atoms with Crippen LogP contribution in [-0.2, 0) is 72.3 Å². The minimum Gasteiger partial charge on any atom is -0.445 e. The zero-order chi connectivity index (χ0) is 63.2. The topological polar surface area (TPSA) is 461 Å². The zero-order valence-electron chi connectivity index (χ0n) is 46.8. The molecule has 470 valence electrons. The molecular formula is C50H61F2N17O17P2+2. The van der Waals surface area contributed by atoms with Crippen molar-refractivity contribution in [2.75, 3.05) is 49.2 Å². The van der Waals surface area contributed by atoms with E-state index in [4.69, 9.17) is 39.2 Å². The molecule has 0 aliphatic carbocycles. The Kier molecular flexibility index (Phi) is 22.4. The van der Waals surface area contributed by atoms with Gasteiger partial charge in [0.2, 0.25) is 23.6 Å². The highest BCUT2D eigenvalue weighted by Crippen LogP contribution is 2.42. The summed E-state index contributed by atoms with van der Waals surface area (Å²) in [5.74, 6) is -4.05. The number of primary amides is 1. The van der Waals surface area contributed by atoms with Gasteiger partial charge < -0.3 is 57.6 Å². The molecular weight excluding hydrogens is 1210 g/mol. The van der Waals surface area contributed by atoms with Crippen LogP contribution in [0, 0.1) is 5.92 Å². The molecule has 4 aromatic heterocycles. The lowest BCUT2D eigenvalue weighted by Crippen LogP contribution is -2.54. The Bertz CT molecular complexity index is 3440. The third-order valence-electron chi connectivity index (χ3n) is 13.6. The number of rotatable bonds is 30. The number of nitrogen functional groups attached to an aromatic ring is 1. The van der Waals surface area contributed by atoms with Crippen molar-refractivity contribution in [3.8, 4) is 0 Å². The van der Waals surface area contributed by atoms with Gasteiger partial charge in [0.1, 0.15) is 62.4 Å². The molecule has 3 aliphatic heterocycles. The van der Waals surface area contributed by atoms with Gasteiger partial charge in [0.15, 0.2) is 53.2 Å². The van der Waals surface area contributed by atoms with Crippen LogP contribution in [0.1, 0.15) is 70.4 Å². The Balaban J connectivity index is 0.769. The second-order valence-electron chi connectivity index (χ2n) is 20.2. The molecule has 8 rings (SSSR count). The summed E-state index contributed by atoms with van der Waals surface area (Å²) in [7, 11) is -6.34. The van der Waals surface area contributed by atoms with Gasteiger partial charge in [0.25, 0.3) is 11.8 Å². The number of carbonyl (C=O) groups excluding carboxylic acids is 8. The van der Waals surface area contributed by atoms with Crippen LogP contribution in [0.25, 0.3) is 22.3 Å². The molecule has 2 saturated heterocycles. The van der Waals surface area contributed by atoms with E-state index in [0.717, 1.165) is 34.3 Å². The smallest absolute Gasteiger partial charge is 0.445 e. The van der Waals surface area contributed by atoms with Crippen LogP contribution >= 0.6 is 16.5 Å². The number of benzene rings is 1. The van der Waals surface area contributed by atoms with E-state index in [2.05, 4.69) is 61.8 Å². The average molecular weight is 1270 g/mol. The quantitative estimate of drug-likeness (QED) is 0.0180. The zero-order valence-corrected chi connectivity index (χ0v) is 48.6. The molecule has 11 unspecified atom stereocenters. The van der Waals surface area contributed by atoms with Gasteiger partial charge in [-0.3, -0.25) is 42.8 Å². The maximum absolute atomic E-state index is 16.4. The fourth-order valence-electron chi connectivity index (χ4n) is 9.27. The minimum atomic E-state index is -3.19. The van der Waals surface area contributed by atoms with Crippen molar-refractivity contribution < 1.29 is 88.9 Å². The Labute approximate surface area is 498 Å². The number of nitrogens with two attached hydrogens (primary N) is 2. The summed E-state index contributed by atoms with van der Waals surface area (Å²) < 4.78 is 91.2. The largest absolute Gasteiger partial charge is 0.697 e. The number of ether oxygens (including phenoxy) is 3. The number of alkyl halides is 2. The number of halogens is 2. The first-order valence-corrected chi connectivity index (χ1v) is 29.4. The molecule has 0 saturated carbocycles. The average Bonchev–Trinajstić information content (AvgIpc) is 4.31. The molecule has 7 heterocycles. The highest BCUT2D eigenvalue weighted by molar-refractivity contribution is 7.33. The first-order valence-electron chi connectivity index (χ1n) is 27.2. The molecule has 0 spiro atoms. The standard InChI is InChI=1S/C50H59F2N17O17P2/c1-25(2)37(65-33(71)13-16-67-34(72)11-12-35(67)73)46(75)64-30(5-3-14-55-49(54)76)45(74)63-27-9-7-26(8-10-27)18-81-50(77)56-15-4-6-32(70)66-42-39-44(60-22-58-42)69(24-62-39)48-36(52)40(31(85-48)20-82-87(78)79)86-88(80)83-19-28-17-29(51)47(84-28)68-23-61-38-41(53)57-21-59-43(38)68/h7-12,21-25,28-31,36-37,40,47-48H,3-6,13-20H2,1-2H3,(H9-2,53,54,55,56,57,58,59,60,63,64,65,66,70,71,74,75,76,77,78,79)/p+2. The van der Waals surface area contributed by atoms with Gasteiger partial charge in [-0.25, -0.2) is 48.3 Å². The maximum atomic E-state index is 16.4. The van der Waals surface area contributed by atoms with E-state index in [1.54, 1.807) is 26.0 Å². The van der Waals surface area contributed by atoms with Crippen molar-refractivity contribution in [3.05, 3.63) is 67.3 Å². The summed E-state index contributed by atoms with van der Waals surface area (Å²) in [4.78, 5) is 135. The monoisotopic (exact) mass is 1270 g/mol. The number of imidazole rings is 2. The normalized spacial score (nSPS) is 20.9. The van der Waals surface area contributed by atoms with Gasteiger partial charge in [-0.2, -0.15) is 0 Å². The van der Waals surface area contributed by atoms with E-state index in [1.807, 2.05) is 0 Å². The summed E-state index contributed by atoms with van der Waals surface area (Å²) in [6.07, 6.45) is -4.82. The van der Waals surface area contributed by atoms with Gasteiger partial charge >= 0.3 is 28.6 Å². The summed E-state index contributed by atoms with van der Waals surface area (Å²) in [5.41, 5.74) is 12.3.